The molecule has 1 aliphatic heterocycles. The maximum absolute atomic E-state index is 5.51. The zero-order valence-electron chi connectivity index (χ0n) is 17.3. The lowest BCUT2D eigenvalue weighted by molar-refractivity contribution is 0.374. The molecule has 0 amide bonds. The monoisotopic (exact) mass is 412 g/mol. The molecule has 29 heavy (non-hydrogen) atoms. The lowest BCUT2D eigenvalue weighted by atomic mass is 10.2. The maximum Gasteiger partial charge on any atom is 0.239 e. The third-order valence-electron chi connectivity index (χ3n) is 5.17. The minimum atomic E-state index is -0.00213. The summed E-state index contributed by atoms with van der Waals surface area (Å²) in [7, 11) is 0. The summed E-state index contributed by atoms with van der Waals surface area (Å²) in [6.07, 6.45) is 5.44. The van der Waals surface area contributed by atoms with Crippen LogP contribution in [0.3, 0.4) is 0 Å². The number of nitrogens with zero attached hydrogens (tertiary/aromatic N) is 6. The fraction of sp³-hybridized carbons (Fsp3) is 0.524. The first kappa shape index (κ1) is 19.9. The van der Waals surface area contributed by atoms with Crippen LogP contribution >= 0.6 is 11.8 Å². The van der Waals surface area contributed by atoms with E-state index in [0.29, 0.717) is 5.89 Å². The van der Waals surface area contributed by atoms with E-state index >= 15 is 0 Å². The third kappa shape index (κ3) is 4.47. The lowest BCUT2D eigenvalue weighted by Crippen LogP contribution is -2.22. The zero-order valence-corrected chi connectivity index (χ0v) is 18.2. The number of aryl methyl sites for hydroxylation is 2. The van der Waals surface area contributed by atoms with Crippen LogP contribution in [0.1, 0.15) is 62.1 Å². The summed E-state index contributed by atoms with van der Waals surface area (Å²) in [5.74, 6) is 2.34. The molecule has 0 N–H and O–H groups in total. The molecule has 4 rings (SSSR count). The Morgan fingerprint density at radius 1 is 1.14 bits per heavy atom. The molecule has 0 aliphatic carbocycles. The molecular formula is C21H28N6OS. The molecule has 3 heterocycles. The zero-order chi connectivity index (χ0) is 20.2. The van der Waals surface area contributed by atoms with Crippen molar-refractivity contribution in [3.63, 3.8) is 0 Å². The van der Waals surface area contributed by atoms with E-state index in [2.05, 4.69) is 74.8 Å². The third-order valence-corrected chi connectivity index (χ3v) is 6.20. The summed E-state index contributed by atoms with van der Waals surface area (Å²) >= 11 is 1.61. The van der Waals surface area contributed by atoms with E-state index in [1.807, 2.05) is 0 Å². The van der Waals surface area contributed by atoms with Gasteiger partial charge in [0.05, 0.1) is 10.9 Å². The van der Waals surface area contributed by atoms with Crippen molar-refractivity contribution in [2.75, 3.05) is 18.0 Å². The molecule has 8 heteroatoms. The summed E-state index contributed by atoms with van der Waals surface area (Å²) in [4.78, 5) is 6.89. The van der Waals surface area contributed by atoms with E-state index in [1.165, 1.54) is 18.4 Å². The molecular weight excluding hydrogens is 384 g/mol. The summed E-state index contributed by atoms with van der Waals surface area (Å²) in [6, 6.07) is 8.50. The highest BCUT2D eigenvalue weighted by atomic mass is 32.2. The van der Waals surface area contributed by atoms with E-state index in [9.17, 15) is 0 Å². The van der Waals surface area contributed by atoms with Crippen LogP contribution in [0.25, 0.3) is 5.69 Å². The largest absolute Gasteiger partial charge is 0.341 e. The number of rotatable bonds is 8. The van der Waals surface area contributed by atoms with E-state index in [0.717, 1.165) is 55.0 Å². The Morgan fingerprint density at radius 2 is 1.90 bits per heavy atom. The Labute approximate surface area is 175 Å². The number of aromatic nitrogens is 5. The van der Waals surface area contributed by atoms with Crippen LogP contribution in [0.2, 0.25) is 0 Å². The second-order valence-electron chi connectivity index (χ2n) is 7.56. The quantitative estimate of drug-likeness (QED) is 0.494. The van der Waals surface area contributed by atoms with Gasteiger partial charge in [0.1, 0.15) is 0 Å². The van der Waals surface area contributed by atoms with Gasteiger partial charge in [0, 0.05) is 19.5 Å². The summed E-state index contributed by atoms with van der Waals surface area (Å²) in [5, 5.41) is 14.0. The number of unbranched alkanes of at least 4 members (excludes halogenated alkanes) is 1. The van der Waals surface area contributed by atoms with Crippen molar-refractivity contribution in [1.29, 1.82) is 0 Å². The van der Waals surface area contributed by atoms with Gasteiger partial charge in [-0.2, -0.15) is 4.98 Å². The first-order valence-corrected chi connectivity index (χ1v) is 11.3. The smallest absolute Gasteiger partial charge is 0.239 e. The van der Waals surface area contributed by atoms with Crippen molar-refractivity contribution in [2.45, 2.75) is 63.3 Å². The molecule has 1 aromatic carbocycles. The van der Waals surface area contributed by atoms with Gasteiger partial charge in [-0.25, -0.2) is 0 Å². The molecule has 0 bridgehead atoms. The van der Waals surface area contributed by atoms with Crippen LogP contribution in [0, 0.1) is 6.92 Å². The predicted octanol–water partition coefficient (Wildman–Crippen LogP) is 4.75. The SMILES string of the molecule is CCCCc1noc(C(C)Sc2nnc(N3CCCC3)n2-c2ccc(C)cc2)n1. The molecule has 3 aromatic rings. The van der Waals surface area contributed by atoms with E-state index in [4.69, 9.17) is 4.52 Å². The highest BCUT2D eigenvalue weighted by Crippen LogP contribution is 2.36. The van der Waals surface area contributed by atoms with Gasteiger partial charge >= 0.3 is 0 Å². The highest BCUT2D eigenvalue weighted by Gasteiger charge is 2.25. The van der Waals surface area contributed by atoms with Crippen molar-refractivity contribution in [1.82, 2.24) is 24.9 Å². The molecule has 1 atom stereocenters. The molecule has 2 aromatic heterocycles. The Bertz CT molecular complexity index is 929. The summed E-state index contributed by atoms with van der Waals surface area (Å²) in [6.45, 7) is 8.38. The Hall–Kier alpha value is -2.35. The van der Waals surface area contributed by atoms with Gasteiger partial charge in [-0.05, 0) is 45.2 Å². The fourth-order valence-electron chi connectivity index (χ4n) is 3.46. The molecule has 1 unspecified atom stereocenters. The van der Waals surface area contributed by atoms with E-state index in [1.54, 1.807) is 11.8 Å². The molecule has 0 spiro atoms. The van der Waals surface area contributed by atoms with E-state index < -0.39 is 0 Å². The lowest BCUT2D eigenvalue weighted by Gasteiger charge is -2.19. The molecule has 154 valence electrons. The number of benzene rings is 1. The van der Waals surface area contributed by atoms with Crippen molar-refractivity contribution >= 4 is 17.7 Å². The topological polar surface area (TPSA) is 72.9 Å². The van der Waals surface area contributed by atoms with Crippen molar-refractivity contribution < 1.29 is 4.52 Å². The Balaban J connectivity index is 1.61. The second kappa shape index (κ2) is 8.98. The van der Waals surface area contributed by atoms with Gasteiger partial charge in [0.25, 0.3) is 0 Å². The van der Waals surface area contributed by atoms with Gasteiger partial charge < -0.3 is 9.42 Å². The summed E-state index contributed by atoms with van der Waals surface area (Å²) < 4.78 is 7.67. The first-order valence-electron chi connectivity index (χ1n) is 10.4. The van der Waals surface area contributed by atoms with E-state index in [-0.39, 0.29) is 5.25 Å². The van der Waals surface area contributed by atoms with Crippen molar-refractivity contribution in [3.05, 3.63) is 41.5 Å². The molecule has 1 fully saturated rings. The van der Waals surface area contributed by atoms with Crippen LogP contribution in [0.4, 0.5) is 5.95 Å². The average molecular weight is 413 g/mol. The first-order chi connectivity index (χ1) is 14.2. The van der Waals surface area contributed by atoms with Gasteiger partial charge in [0.2, 0.25) is 11.8 Å². The minimum Gasteiger partial charge on any atom is -0.341 e. The average Bonchev–Trinajstić information content (AvgIpc) is 3.47. The van der Waals surface area contributed by atoms with Crippen LogP contribution in [0.15, 0.2) is 33.9 Å². The Kier molecular flexibility index (Phi) is 6.18. The van der Waals surface area contributed by atoms with Gasteiger partial charge in [-0.1, -0.05) is 48.0 Å². The highest BCUT2D eigenvalue weighted by molar-refractivity contribution is 7.99. The predicted molar refractivity (Wildman–Crippen MR) is 115 cm³/mol. The maximum atomic E-state index is 5.51. The number of thioether (sulfide) groups is 1. The summed E-state index contributed by atoms with van der Waals surface area (Å²) in [5.41, 5.74) is 2.31. The number of hydrogen-bond donors (Lipinski definition) is 0. The van der Waals surface area contributed by atoms with Gasteiger partial charge in [-0.15, -0.1) is 10.2 Å². The normalized spacial score (nSPS) is 15.2. The van der Waals surface area contributed by atoms with Crippen molar-refractivity contribution in [2.24, 2.45) is 0 Å². The second-order valence-corrected chi connectivity index (χ2v) is 8.87. The van der Waals surface area contributed by atoms with Crippen molar-refractivity contribution in [3.8, 4) is 5.69 Å². The minimum absolute atomic E-state index is 0.00213. The Morgan fingerprint density at radius 3 is 2.62 bits per heavy atom. The van der Waals surface area contributed by atoms with Crippen LogP contribution in [0.5, 0.6) is 0 Å². The van der Waals surface area contributed by atoms with Crippen LogP contribution in [-0.2, 0) is 6.42 Å². The molecule has 1 saturated heterocycles. The standard InChI is InChI=1S/C21H28N6OS/c1-4-5-8-18-22-19(28-25-18)16(3)29-21-24-23-20(26-13-6-7-14-26)27(21)17-11-9-15(2)10-12-17/h9-12,16H,4-8,13-14H2,1-3H3. The van der Waals surface area contributed by atoms with Gasteiger partial charge in [-0.3, -0.25) is 4.57 Å². The molecule has 7 nitrogen and oxygen atoms in total. The molecule has 1 aliphatic rings. The molecule has 0 radical (unpaired) electrons. The molecule has 0 saturated carbocycles. The fourth-order valence-corrected chi connectivity index (χ4v) is 4.35. The van der Waals surface area contributed by atoms with Crippen LogP contribution < -0.4 is 4.90 Å². The number of hydrogen-bond acceptors (Lipinski definition) is 7. The van der Waals surface area contributed by atoms with Crippen LogP contribution in [-0.4, -0.2) is 38.0 Å². The van der Waals surface area contributed by atoms with Gasteiger partial charge in [0.15, 0.2) is 11.0 Å². The number of anilines is 1.